The molecule has 1 fully saturated rings. The van der Waals surface area contributed by atoms with Crippen LogP contribution in [0.2, 0.25) is 0 Å². The van der Waals surface area contributed by atoms with Gasteiger partial charge in [-0.3, -0.25) is 0 Å². The fraction of sp³-hybridized carbons (Fsp3) is 0.625. The fourth-order valence-corrected chi connectivity index (χ4v) is 3.65. The Morgan fingerprint density at radius 2 is 2.05 bits per heavy atom. The Balaban J connectivity index is 1.69. The summed E-state index contributed by atoms with van der Waals surface area (Å²) in [6, 6.07) is 6.32. The quantitative estimate of drug-likeness (QED) is 0.812. The van der Waals surface area contributed by atoms with E-state index in [4.69, 9.17) is 4.74 Å². The second kappa shape index (κ2) is 8.61. The molecule has 2 N–H and O–H groups in total. The Morgan fingerprint density at radius 3 is 2.76 bits per heavy atom. The zero-order valence-corrected chi connectivity index (χ0v) is 13.2. The van der Waals surface area contributed by atoms with Crippen LogP contribution in [-0.4, -0.2) is 41.9 Å². The van der Waals surface area contributed by atoms with E-state index in [1.165, 1.54) is 37.8 Å². The van der Waals surface area contributed by atoms with Gasteiger partial charge in [-0.25, -0.2) is 4.39 Å². The molecule has 3 atom stereocenters. The molecule has 2 rings (SSSR count). The van der Waals surface area contributed by atoms with Crippen molar-refractivity contribution >= 4 is 11.8 Å². The summed E-state index contributed by atoms with van der Waals surface area (Å²) in [6.45, 7) is 0.748. The maximum atomic E-state index is 12.8. The van der Waals surface area contributed by atoms with Gasteiger partial charge < -0.3 is 15.2 Å². The predicted octanol–water partition coefficient (Wildman–Crippen LogP) is 2.83. The third kappa shape index (κ3) is 5.49. The minimum Gasteiger partial charge on any atom is -0.491 e. The highest BCUT2D eigenvalue weighted by atomic mass is 32.2. The number of hydrogen-bond donors (Lipinski definition) is 2. The van der Waals surface area contributed by atoms with E-state index in [1.54, 1.807) is 12.1 Å². The molecule has 3 nitrogen and oxygen atoms in total. The molecule has 3 unspecified atom stereocenters. The van der Waals surface area contributed by atoms with Crippen LogP contribution in [0.5, 0.6) is 5.75 Å². The van der Waals surface area contributed by atoms with Crippen molar-refractivity contribution in [3.05, 3.63) is 30.1 Å². The summed E-state index contributed by atoms with van der Waals surface area (Å²) < 4.78 is 18.2. The van der Waals surface area contributed by atoms with E-state index in [2.05, 4.69) is 11.6 Å². The Bertz CT molecular complexity index is 415. The van der Waals surface area contributed by atoms with Crippen LogP contribution >= 0.6 is 11.8 Å². The molecule has 0 aliphatic heterocycles. The van der Waals surface area contributed by atoms with E-state index in [1.807, 2.05) is 11.8 Å². The van der Waals surface area contributed by atoms with Gasteiger partial charge in [0, 0.05) is 17.8 Å². The van der Waals surface area contributed by atoms with Crippen molar-refractivity contribution in [1.82, 2.24) is 5.32 Å². The summed E-state index contributed by atoms with van der Waals surface area (Å²) >= 11 is 1.91. The van der Waals surface area contributed by atoms with Crippen molar-refractivity contribution in [1.29, 1.82) is 0 Å². The molecule has 1 aliphatic rings. The summed E-state index contributed by atoms with van der Waals surface area (Å²) in [5.41, 5.74) is 0. The Kier molecular flexibility index (Phi) is 6.80. The molecule has 118 valence electrons. The first-order valence-electron chi connectivity index (χ1n) is 7.51. The van der Waals surface area contributed by atoms with Crippen molar-refractivity contribution in [2.45, 2.75) is 43.1 Å². The van der Waals surface area contributed by atoms with E-state index in [0.717, 1.165) is 0 Å². The molecule has 0 bridgehead atoms. The molecule has 0 aromatic heterocycles. The molecule has 0 amide bonds. The van der Waals surface area contributed by atoms with Crippen molar-refractivity contribution in [3.8, 4) is 5.75 Å². The third-order valence-corrected chi connectivity index (χ3v) is 5.05. The van der Waals surface area contributed by atoms with Crippen LogP contribution in [-0.2, 0) is 0 Å². The maximum absolute atomic E-state index is 12.8. The lowest BCUT2D eigenvalue weighted by Gasteiger charge is -2.31. The van der Waals surface area contributed by atoms with Crippen LogP contribution < -0.4 is 10.1 Å². The van der Waals surface area contributed by atoms with Crippen molar-refractivity contribution in [3.63, 3.8) is 0 Å². The highest BCUT2D eigenvalue weighted by Crippen LogP contribution is 2.27. The van der Waals surface area contributed by atoms with Gasteiger partial charge in [-0.05, 0) is 43.4 Å². The maximum Gasteiger partial charge on any atom is 0.123 e. The molecule has 21 heavy (non-hydrogen) atoms. The number of thioether (sulfide) groups is 1. The van der Waals surface area contributed by atoms with Gasteiger partial charge in [0.2, 0.25) is 0 Å². The first-order chi connectivity index (χ1) is 10.2. The molecule has 1 aromatic carbocycles. The fourth-order valence-electron chi connectivity index (χ4n) is 2.68. The van der Waals surface area contributed by atoms with Gasteiger partial charge in [-0.15, -0.1) is 0 Å². The van der Waals surface area contributed by atoms with Gasteiger partial charge in [0.25, 0.3) is 0 Å². The van der Waals surface area contributed by atoms with Crippen molar-refractivity contribution in [2.75, 3.05) is 19.4 Å². The van der Waals surface area contributed by atoms with Crippen LogP contribution in [0.15, 0.2) is 24.3 Å². The van der Waals surface area contributed by atoms with Gasteiger partial charge in [0.05, 0.1) is 0 Å². The molecule has 0 radical (unpaired) electrons. The molecular weight excluding hydrogens is 289 g/mol. The lowest BCUT2D eigenvalue weighted by atomic mass is 9.95. The number of rotatable bonds is 7. The minimum atomic E-state index is -0.556. The summed E-state index contributed by atoms with van der Waals surface area (Å²) in [5.74, 6) is 0.292. The molecule has 1 aromatic rings. The van der Waals surface area contributed by atoms with E-state index in [-0.39, 0.29) is 12.4 Å². The molecule has 0 heterocycles. The molecule has 1 saturated carbocycles. The summed E-state index contributed by atoms with van der Waals surface area (Å²) in [7, 11) is 0. The van der Waals surface area contributed by atoms with Crippen LogP contribution in [0.3, 0.4) is 0 Å². The average Bonchev–Trinajstić information content (AvgIpc) is 2.52. The number of aliphatic hydroxyl groups is 1. The van der Waals surface area contributed by atoms with E-state index in [0.29, 0.717) is 23.6 Å². The Morgan fingerprint density at radius 1 is 1.33 bits per heavy atom. The number of aliphatic hydroxyl groups excluding tert-OH is 1. The Labute approximate surface area is 130 Å². The second-order valence-corrected chi connectivity index (χ2v) is 6.57. The van der Waals surface area contributed by atoms with Gasteiger partial charge in [0.1, 0.15) is 24.3 Å². The zero-order valence-electron chi connectivity index (χ0n) is 12.4. The number of ether oxygens (including phenoxy) is 1. The predicted molar refractivity (Wildman–Crippen MR) is 85.5 cm³/mol. The van der Waals surface area contributed by atoms with E-state index >= 15 is 0 Å². The van der Waals surface area contributed by atoms with Gasteiger partial charge in [0.15, 0.2) is 0 Å². The van der Waals surface area contributed by atoms with Gasteiger partial charge in [-0.2, -0.15) is 11.8 Å². The molecule has 1 aliphatic carbocycles. The van der Waals surface area contributed by atoms with Gasteiger partial charge in [-0.1, -0.05) is 12.8 Å². The standard InChI is InChI=1S/C16H24FNO2S/c1-21-16-5-3-2-4-15(16)18-10-13(19)11-20-14-8-6-12(17)7-9-14/h6-9,13,15-16,18-19H,2-5,10-11H2,1H3. The number of hydrogen-bond acceptors (Lipinski definition) is 4. The lowest BCUT2D eigenvalue weighted by molar-refractivity contribution is 0.102. The average molecular weight is 313 g/mol. The zero-order chi connectivity index (χ0) is 15.1. The van der Waals surface area contributed by atoms with Gasteiger partial charge >= 0.3 is 0 Å². The smallest absolute Gasteiger partial charge is 0.123 e. The molecular formula is C16H24FNO2S. The normalized spacial score (nSPS) is 23.8. The van der Waals surface area contributed by atoms with Crippen LogP contribution in [0.4, 0.5) is 4.39 Å². The largest absolute Gasteiger partial charge is 0.491 e. The van der Waals surface area contributed by atoms with Crippen LogP contribution in [0.25, 0.3) is 0 Å². The lowest BCUT2D eigenvalue weighted by Crippen LogP contribution is -2.44. The SMILES string of the molecule is CSC1CCCCC1NCC(O)COc1ccc(F)cc1. The van der Waals surface area contributed by atoms with E-state index in [9.17, 15) is 9.50 Å². The highest BCUT2D eigenvalue weighted by molar-refractivity contribution is 7.99. The molecule has 0 saturated heterocycles. The monoisotopic (exact) mass is 313 g/mol. The summed E-state index contributed by atoms with van der Waals surface area (Å²) in [5, 5.41) is 14.1. The first kappa shape index (κ1) is 16.6. The van der Waals surface area contributed by atoms with Crippen LogP contribution in [0.1, 0.15) is 25.7 Å². The van der Waals surface area contributed by atoms with Crippen molar-refractivity contribution in [2.24, 2.45) is 0 Å². The number of benzene rings is 1. The second-order valence-electron chi connectivity index (χ2n) is 5.49. The topological polar surface area (TPSA) is 41.5 Å². The highest BCUT2D eigenvalue weighted by Gasteiger charge is 2.24. The van der Waals surface area contributed by atoms with Crippen LogP contribution in [0, 0.1) is 5.82 Å². The first-order valence-corrected chi connectivity index (χ1v) is 8.80. The summed E-state index contributed by atoms with van der Waals surface area (Å²) in [4.78, 5) is 0. The van der Waals surface area contributed by atoms with E-state index < -0.39 is 6.10 Å². The summed E-state index contributed by atoms with van der Waals surface area (Å²) in [6.07, 6.45) is 6.59. The minimum absolute atomic E-state index is 0.218. The third-order valence-electron chi connectivity index (χ3n) is 3.88. The molecule has 5 heteroatoms. The van der Waals surface area contributed by atoms with Crippen molar-refractivity contribution < 1.29 is 14.2 Å². The molecule has 0 spiro atoms. The number of nitrogens with one attached hydrogen (secondary N) is 1. The number of halogens is 1. The Hall–Kier alpha value is -0.780.